The number of ether oxygens (including phenoxy) is 1. The fourth-order valence-corrected chi connectivity index (χ4v) is 3.13. The highest BCUT2D eigenvalue weighted by Gasteiger charge is 2.18. The van der Waals surface area contributed by atoms with Crippen LogP contribution in [0.5, 0.6) is 5.88 Å². The molecular weight excluding hydrogens is 378 g/mol. The fraction of sp³-hybridized carbons (Fsp3) is 0.364. The summed E-state index contributed by atoms with van der Waals surface area (Å²) >= 11 is 0. The molecule has 3 aromatic heterocycles. The zero-order chi connectivity index (χ0) is 21.7. The largest absolute Gasteiger partial charge is 0.477 e. The van der Waals surface area contributed by atoms with Gasteiger partial charge in [0.2, 0.25) is 5.88 Å². The highest BCUT2D eigenvalue weighted by Crippen LogP contribution is 2.34. The molecule has 0 saturated carbocycles. The summed E-state index contributed by atoms with van der Waals surface area (Å²) in [5.41, 5.74) is 5.22. The maximum absolute atomic E-state index is 8.32. The summed E-state index contributed by atoms with van der Waals surface area (Å²) in [6.45, 7) is 8.92. The Balaban J connectivity index is 2.10. The summed E-state index contributed by atoms with van der Waals surface area (Å²) in [6.07, 6.45) is 5.51. The van der Waals surface area contributed by atoms with E-state index in [4.69, 9.17) is 15.1 Å². The first-order valence-corrected chi connectivity index (χ1v) is 10.1. The number of hydrogen-bond donors (Lipinski definition) is 3. The first-order valence-electron chi connectivity index (χ1n) is 10.1. The van der Waals surface area contributed by atoms with E-state index < -0.39 is 0 Å². The predicted molar refractivity (Wildman–Crippen MR) is 120 cm³/mol. The van der Waals surface area contributed by atoms with Crippen LogP contribution in [0.2, 0.25) is 0 Å². The third-order valence-corrected chi connectivity index (χ3v) is 4.38. The second-order valence-corrected chi connectivity index (χ2v) is 7.37. The molecule has 3 heterocycles. The zero-order valence-corrected chi connectivity index (χ0v) is 18.2. The molecule has 0 aliphatic rings. The van der Waals surface area contributed by atoms with Crippen molar-refractivity contribution in [2.75, 3.05) is 17.2 Å². The minimum atomic E-state index is 0.187. The summed E-state index contributed by atoms with van der Waals surface area (Å²) in [5, 5.41) is 19.5. The van der Waals surface area contributed by atoms with E-state index in [0.29, 0.717) is 36.1 Å². The number of nitrogens with zero attached hydrogens (tertiary/aromatic N) is 4. The van der Waals surface area contributed by atoms with Crippen LogP contribution in [0.4, 0.5) is 11.4 Å². The van der Waals surface area contributed by atoms with Crippen molar-refractivity contribution in [1.82, 2.24) is 19.7 Å². The minimum Gasteiger partial charge on any atom is -0.477 e. The van der Waals surface area contributed by atoms with Crippen molar-refractivity contribution in [3.8, 4) is 17.1 Å². The molecule has 3 rings (SSSR count). The van der Waals surface area contributed by atoms with Gasteiger partial charge in [0.1, 0.15) is 5.69 Å². The number of aromatic nitrogens is 4. The van der Waals surface area contributed by atoms with Crippen molar-refractivity contribution in [3.63, 3.8) is 0 Å². The molecule has 0 unspecified atom stereocenters. The zero-order valence-electron chi connectivity index (χ0n) is 18.2. The molecule has 0 aromatic carbocycles. The van der Waals surface area contributed by atoms with E-state index >= 15 is 0 Å². The lowest BCUT2D eigenvalue weighted by Crippen LogP contribution is -2.17. The van der Waals surface area contributed by atoms with Crippen LogP contribution in [0.3, 0.4) is 0 Å². The molecule has 30 heavy (non-hydrogen) atoms. The Morgan fingerprint density at radius 2 is 2.13 bits per heavy atom. The van der Waals surface area contributed by atoms with Gasteiger partial charge in [-0.25, -0.2) is 9.97 Å². The van der Waals surface area contributed by atoms with Crippen LogP contribution in [-0.2, 0) is 13.6 Å². The Morgan fingerprint density at radius 1 is 1.33 bits per heavy atom. The molecule has 8 nitrogen and oxygen atoms in total. The van der Waals surface area contributed by atoms with Gasteiger partial charge in [-0.1, -0.05) is 0 Å². The normalized spacial score (nSPS) is 10.9. The van der Waals surface area contributed by atoms with Crippen LogP contribution in [0, 0.1) is 5.41 Å². The Hall–Kier alpha value is -3.42. The number of rotatable bonds is 9. The van der Waals surface area contributed by atoms with Crippen molar-refractivity contribution in [2.24, 2.45) is 7.05 Å². The SMILES string of the molecule is CCOc1ncccc1-c1cc(NCc2cnn(C)c2)c(NC(C)C)c(C(C)=N)n1. The average molecular weight is 408 g/mol. The van der Waals surface area contributed by atoms with Crippen molar-refractivity contribution in [3.05, 3.63) is 48.0 Å². The van der Waals surface area contributed by atoms with Crippen LogP contribution in [-0.4, -0.2) is 38.1 Å². The quantitative estimate of drug-likeness (QED) is 0.462. The molecule has 0 aliphatic heterocycles. The van der Waals surface area contributed by atoms with Gasteiger partial charge in [0.05, 0.1) is 41.1 Å². The monoisotopic (exact) mass is 407 g/mol. The van der Waals surface area contributed by atoms with Crippen molar-refractivity contribution in [1.29, 1.82) is 5.41 Å². The van der Waals surface area contributed by atoms with Gasteiger partial charge < -0.3 is 20.8 Å². The Labute approximate surface area is 177 Å². The number of hydrogen-bond acceptors (Lipinski definition) is 7. The van der Waals surface area contributed by atoms with Crippen LogP contribution in [0.15, 0.2) is 36.8 Å². The average Bonchev–Trinajstić information content (AvgIpc) is 3.12. The molecule has 0 spiro atoms. The summed E-state index contributed by atoms with van der Waals surface area (Å²) in [6, 6.07) is 5.96. The molecule has 3 N–H and O–H groups in total. The van der Waals surface area contributed by atoms with Crippen LogP contribution >= 0.6 is 0 Å². The standard InChI is InChI=1S/C22H29N7O/c1-6-30-22-17(8-7-9-24-22)18-10-19(25-11-16-12-26-29(5)13-16)21(27-14(2)3)20(28-18)15(4)23/h7-10,12-14,23,27H,6,11H2,1-5H3,(H,25,28). The topological polar surface area (TPSA) is 101 Å². The van der Waals surface area contributed by atoms with Gasteiger partial charge in [0.15, 0.2) is 0 Å². The first-order chi connectivity index (χ1) is 14.4. The lowest BCUT2D eigenvalue weighted by Gasteiger charge is -2.21. The molecule has 0 saturated heterocycles. The van der Waals surface area contributed by atoms with E-state index in [9.17, 15) is 0 Å². The molecule has 0 fully saturated rings. The van der Waals surface area contributed by atoms with Crippen LogP contribution in [0.1, 0.15) is 39.0 Å². The molecule has 3 aromatic rings. The Kier molecular flexibility index (Phi) is 6.66. The van der Waals surface area contributed by atoms with Crippen LogP contribution < -0.4 is 15.4 Å². The first kappa shape index (κ1) is 21.3. The van der Waals surface area contributed by atoms with E-state index in [0.717, 1.165) is 22.5 Å². The van der Waals surface area contributed by atoms with Crippen molar-refractivity contribution in [2.45, 2.75) is 40.3 Å². The van der Waals surface area contributed by atoms with Gasteiger partial charge in [-0.3, -0.25) is 4.68 Å². The molecule has 158 valence electrons. The molecule has 0 aliphatic carbocycles. The highest BCUT2D eigenvalue weighted by molar-refractivity contribution is 6.03. The van der Waals surface area contributed by atoms with Gasteiger partial charge in [-0.15, -0.1) is 0 Å². The second-order valence-electron chi connectivity index (χ2n) is 7.37. The van der Waals surface area contributed by atoms with Gasteiger partial charge in [0, 0.05) is 37.6 Å². The third-order valence-electron chi connectivity index (χ3n) is 4.38. The molecule has 0 radical (unpaired) electrons. The highest BCUT2D eigenvalue weighted by atomic mass is 16.5. The van der Waals surface area contributed by atoms with E-state index in [1.54, 1.807) is 17.8 Å². The maximum atomic E-state index is 8.32. The maximum Gasteiger partial charge on any atom is 0.222 e. The number of anilines is 2. The molecule has 0 amide bonds. The van der Waals surface area contributed by atoms with Gasteiger partial charge in [-0.05, 0) is 45.9 Å². The van der Waals surface area contributed by atoms with Gasteiger partial charge >= 0.3 is 0 Å². The minimum absolute atomic E-state index is 0.187. The van der Waals surface area contributed by atoms with E-state index in [1.807, 2.05) is 44.6 Å². The summed E-state index contributed by atoms with van der Waals surface area (Å²) < 4.78 is 7.48. The van der Waals surface area contributed by atoms with Gasteiger partial charge in [-0.2, -0.15) is 5.10 Å². The smallest absolute Gasteiger partial charge is 0.222 e. The second kappa shape index (κ2) is 9.39. The molecule has 0 bridgehead atoms. The fourth-order valence-electron chi connectivity index (χ4n) is 3.13. The van der Waals surface area contributed by atoms with Crippen molar-refractivity contribution >= 4 is 17.1 Å². The molecular formula is C22H29N7O. The van der Waals surface area contributed by atoms with E-state index in [2.05, 4.69) is 34.6 Å². The number of pyridine rings is 2. The molecule has 0 atom stereocenters. The summed E-state index contributed by atoms with van der Waals surface area (Å²) in [7, 11) is 1.90. The Morgan fingerprint density at radius 3 is 2.77 bits per heavy atom. The number of nitrogens with one attached hydrogen (secondary N) is 3. The Bertz CT molecular complexity index is 1030. The van der Waals surface area contributed by atoms with Crippen LogP contribution in [0.25, 0.3) is 11.3 Å². The number of aryl methyl sites for hydroxylation is 1. The third kappa shape index (κ3) is 4.94. The predicted octanol–water partition coefficient (Wildman–Crippen LogP) is 4.10. The van der Waals surface area contributed by atoms with E-state index in [1.165, 1.54) is 0 Å². The van der Waals surface area contributed by atoms with Crippen molar-refractivity contribution < 1.29 is 4.74 Å². The summed E-state index contributed by atoms with van der Waals surface area (Å²) in [4.78, 5) is 9.15. The van der Waals surface area contributed by atoms with E-state index in [-0.39, 0.29) is 6.04 Å². The van der Waals surface area contributed by atoms with Gasteiger partial charge in [0.25, 0.3) is 0 Å². The summed E-state index contributed by atoms with van der Waals surface area (Å²) in [5.74, 6) is 0.531. The lowest BCUT2D eigenvalue weighted by atomic mass is 10.1. The lowest BCUT2D eigenvalue weighted by molar-refractivity contribution is 0.328. The molecule has 8 heteroatoms.